The largest absolute Gasteiger partial charge is 0.454 e. The van der Waals surface area contributed by atoms with Crippen molar-refractivity contribution in [2.45, 2.75) is 33.3 Å². The molecule has 0 aliphatic carbocycles. The molecule has 0 saturated heterocycles. The predicted octanol–water partition coefficient (Wildman–Crippen LogP) is 0.917. The normalized spacial score (nSPS) is 10.8. The Morgan fingerprint density at radius 3 is 1.70 bits per heavy atom. The van der Waals surface area contributed by atoms with Gasteiger partial charge in [-0.2, -0.15) is 0 Å². The Balaban J connectivity index is 3.93. The Morgan fingerprint density at radius 2 is 1.60 bits per heavy atom. The van der Waals surface area contributed by atoms with E-state index in [1.165, 1.54) is 6.92 Å². The molecule has 0 aromatic rings. The van der Waals surface area contributed by atoms with E-state index in [4.69, 9.17) is 4.74 Å². The summed E-state index contributed by atoms with van der Waals surface area (Å²) in [7, 11) is 0. The molecule has 0 atom stereocenters. The predicted molar refractivity (Wildman–Crippen MR) is 36.5 cm³/mol. The highest BCUT2D eigenvalue weighted by Crippen LogP contribution is 2.06. The van der Waals surface area contributed by atoms with Crippen molar-refractivity contribution < 1.29 is 14.3 Å². The minimum Gasteiger partial charge on any atom is -0.454 e. The number of hydrogen-bond acceptors (Lipinski definition) is 3. The van der Waals surface area contributed by atoms with Gasteiger partial charge in [-0.25, -0.2) is 4.79 Å². The summed E-state index contributed by atoms with van der Waals surface area (Å²) in [6, 6.07) is 0. The second-order valence-electron chi connectivity index (χ2n) is 3.06. The van der Waals surface area contributed by atoms with Crippen molar-refractivity contribution in [1.29, 1.82) is 0 Å². The maximum atomic E-state index is 10.6. The average molecular weight is 144 g/mol. The Labute approximate surface area is 60.4 Å². The third-order valence-electron chi connectivity index (χ3n) is 0.686. The fraction of sp³-hybridized carbons (Fsp3) is 0.714. The van der Waals surface area contributed by atoms with Crippen LogP contribution in [0.15, 0.2) is 0 Å². The Bertz CT molecular complexity index is 153. The van der Waals surface area contributed by atoms with Crippen LogP contribution in [0.4, 0.5) is 0 Å². The molecule has 0 aromatic carbocycles. The van der Waals surface area contributed by atoms with Gasteiger partial charge in [0.1, 0.15) is 5.60 Å². The van der Waals surface area contributed by atoms with E-state index in [9.17, 15) is 9.59 Å². The molecule has 10 heavy (non-hydrogen) atoms. The van der Waals surface area contributed by atoms with Crippen LogP contribution < -0.4 is 0 Å². The molecule has 0 aliphatic heterocycles. The van der Waals surface area contributed by atoms with E-state index >= 15 is 0 Å². The topological polar surface area (TPSA) is 43.4 Å². The molecule has 0 saturated carbocycles. The highest BCUT2D eigenvalue weighted by Gasteiger charge is 2.18. The van der Waals surface area contributed by atoms with Crippen LogP contribution in [0.2, 0.25) is 0 Å². The SMILES string of the molecule is CC(=O)C(=O)OC(C)(C)C. The lowest BCUT2D eigenvalue weighted by Crippen LogP contribution is -2.27. The van der Waals surface area contributed by atoms with E-state index in [1.807, 2.05) is 0 Å². The van der Waals surface area contributed by atoms with Gasteiger partial charge in [0.15, 0.2) is 0 Å². The van der Waals surface area contributed by atoms with Gasteiger partial charge in [0, 0.05) is 6.92 Å². The lowest BCUT2D eigenvalue weighted by molar-refractivity contribution is -0.161. The molecule has 0 spiro atoms. The molecule has 58 valence electrons. The van der Waals surface area contributed by atoms with Gasteiger partial charge in [-0.05, 0) is 20.8 Å². The molecule has 0 unspecified atom stereocenters. The van der Waals surface area contributed by atoms with E-state index < -0.39 is 17.4 Å². The monoisotopic (exact) mass is 144 g/mol. The number of carbonyl (C=O) groups excluding carboxylic acids is 2. The number of ketones is 1. The van der Waals surface area contributed by atoms with E-state index in [2.05, 4.69) is 0 Å². The third kappa shape index (κ3) is 4.06. The van der Waals surface area contributed by atoms with Crippen LogP contribution in [0.25, 0.3) is 0 Å². The summed E-state index contributed by atoms with van der Waals surface area (Å²) in [5.41, 5.74) is -0.567. The average Bonchev–Trinajstić information content (AvgIpc) is 1.60. The molecule has 0 fully saturated rings. The fourth-order valence-electron chi connectivity index (χ4n) is 0.350. The molecule has 3 nitrogen and oxygen atoms in total. The Hall–Kier alpha value is -0.860. The van der Waals surface area contributed by atoms with Gasteiger partial charge in [-0.3, -0.25) is 4.79 Å². The molecule has 3 heteroatoms. The minimum atomic E-state index is -0.771. The summed E-state index contributed by atoms with van der Waals surface area (Å²) < 4.78 is 4.71. The van der Waals surface area contributed by atoms with Crippen LogP contribution in [-0.4, -0.2) is 17.4 Å². The van der Waals surface area contributed by atoms with Gasteiger partial charge in [0.2, 0.25) is 5.78 Å². The lowest BCUT2D eigenvalue weighted by atomic mass is 10.2. The zero-order valence-corrected chi connectivity index (χ0v) is 6.72. The zero-order valence-electron chi connectivity index (χ0n) is 6.72. The number of ether oxygens (including phenoxy) is 1. The van der Waals surface area contributed by atoms with Crippen molar-refractivity contribution in [2.24, 2.45) is 0 Å². The zero-order chi connectivity index (χ0) is 8.36. The molecule has 0 aromatic heterocycles. The number of rotatable bonds is 1. The Morgan fingerprint density at radius 1 is 1.20 bits per heavy atom. The fourth-order valence-corrected chi connectivity index (χ4v) is 0.350. The molecule has 0 radical (unpaired) electrons. The van der Waals surface area contributed by atoms with E-state index in [0.29, 0.717) is 0 Å². The summed E-state index contributed by atoms with van der Waals surface area (Å²) >= 11 is 0. The van der Waals surface area contributed by atoms with Crippen molar-refractivity contribution >= 4 is 11.8 Å². The number of carbonyl (C=O) groups is 2. The summed E-state index contributed by atoms with van der Waals surface area (Å²) in [5, 5.41) is 0. The summed E-state index contributed by atoms with van der Waals surface area (Å²) in [6.45, 7) is 6.34. The van der Waals surface area contributed by atoms with E-state index in [0.717, 1.165) is 0 Å². The van der Waals surface area contributed by atoms with Crippen molar-refractivity contribution in [3.63, 3.8) is 0 Å². The number of Topliss-reactive ketones (excluding diaryl/α,β-unsaturated/α-hetero) is 1. The molecular formula is C7H12O3. The summed E-state index contributed by atoms with van der Waals surface area (Å²) in [6.07, 6.45) is 0. The molecule has 0 heterocycles. The van der Waals surface area contributed by atoms with Crippen LogP contribution in [0.1, 0.15) is 27.7 Å². The Kier molecular flexibility index (Phi) is 2.57. The number of esters is 1. The molecule has 0 N–H and O–H groups in total. The first kappa shape index (κ1) is 9.14. The van der Waals surface area contributed by atoms with Gasteiger partial charge >= 0.3 is 5.97 Å². The van der Waals surface area contributed by atoms with Crippen LogP contribution in [-0.2, 0) is 14.3 Å². The highest BCUT2D eigenvalue weighted by atomic mass is 16.6. The van der Waals surface area contributed by atoms with E-state index in [1.54, 1.807) is 20.8 Å². The molecule has 0 bridgehead atoms. The van der Waals surface area contributed by atoms with Gasteiger partial charge in [-0.1, -0.05) is 0 Å². The molecular weight excluding hydrogens is 132 g/mol. The summed E-state index contributed by atoms with van der Waals surface area (Å²) in [5.74, 6) is -1.33. The first-order valence-corrected chi connectivity index (χ1v) is 3.07. The lowest BCUT2D eigenvalue weighted by Gasteiger charge is -2.17. The first-order chi connectivity index (χ1) is 4.33. The quantitative estimate of drug-likeness (QED) is 0.406. The van der Waals surface area contributed by atoms with Crippen molar-refractivity contribution in [2.75, 3.05) is 0 Å². The summed E-state index contributed by atoms with van der Waals surface area (Å²) in [4.78, 5) is 20.9. The first-order valence-electron chi connectivity index (χ1n) is 3.07. The van der Waals surface area contributed by atoms with E-state index in [-0.39, 0.29) is 0 Å². The minimum absolute atomic E-state index is 0.560. The van der Waals surface area contributed by atoms with Crippen molar-refractivity contribution in [3.8, 4) is 0 Å². The van der Waals surface area contributed by atoms with Gasteiger partial charge in [0.25, 0.3) is 0 Å². The van der Waals surface area contributed by atoms with Crippen molar-refractivity contribution in [3.05, 3.63) is 0 Å². The molecule has 0 amide bonds. The maximum Gasteiger partial charge on any atom is 0.374 e. The maximum absolute atomic E-state index is 10.6. The number of hydrogen-bond donors (Lipinski definition) is 0. The second kappa shape index (κ2) is 2.82. The van der Waals surface area contributed by atoms with Crippen LogP contribution in [0, 0.1) is 0 Å². The van der Waals surface area contributed by atoms with Crippen LogP contribution >= 0.6 is 0 Å². The van der Waals surface area contributed by atoms with Gasteiger partial charge < -0.3 is 4.74 Å². The highest BCUT2D eigenvalue weighted by molar-refractivity contribution is 6.32. The second-order valence-corrected chi connectivity index (χ2v) is 3.06. The van der Waals surface area contributed by atoms with Crippen molar-refractivity contribution in [1.82, 2.24) is 0 Å². The molecule has 0 rings (SSSR count). The van der Waals surface area contributed by atoms with Gasteiger partial charge in [-0.15, -0.1) is 0 Å². The standard InChI is InChI=1S/C7H12O3/c1-5(8)6(9)10-7(2,3)4/h1-4H3. The van der Waals surface area contributed by atoms with Gasteiger partial charge in [0.05, 0.1) is 0 Å². The smallest absolute Gasteiger partial charge is 0.374 e. The van der Waals surface area contributed by atoms with Crippen LogP contribution in [0.3, 0.4) is 0 Å². The third-order valence-corrected chi connectivity index (χ3v) is 0.686. The molecule has 0 aliphatic rings. The van der Waals surface area contributed by atoms with Crippen LogP contribution in [0.5, 0.6) is 0 Å².